The van der Waals surface area contributed by atoms with Gasteiger partial charge >= 0.3 is 0 Å². The first kappa shape index (κ1) is 12.6. The largest absolute Gasteiger partial charge is 0.293 e. The second kappa shape index (κ2) is 5.56. The van der Waals surface area contributed by atoms with E-state index in [0.717, 1.165) is 0 Å². The molecule has 0 atom stereocenters. The number of nitrogens with zero attached hydrogens (tertiary/aromatic N) is 2. The maximum Gasteiger partial charge on any atom is 0.177 e. The third-order valence-electron chi connectivity index (χ3n) is 2.02. The first-order chi connectivity index (χ1) is 7.56. The molecule has 0 aromatic carbocycles. The second-order valence-corrected chi connectivity index (χ2v) is 3.67. The highest BCUT2D eigenvalue weighted by atomic mass is 35.5. The van der Waals surface area contributed by atoms with Gasteiger partial charge in [0.1, 0.15) is 11.4 Å². The average molecular weight is 237 g/mol. The molecular formula is C12H13ClN2O. The van der Waals surface area contributed by atoms with E-state index in [0.29, 0.717) is 22.1 Å². The summed E-state index contributed by atoms with van der Waals surface area (Å²) in [6, 6.07) is 3.49. The molecule has 0 saturated heterocycles. The van der Waals surface area contributed by atoms with Gasteiger partial charge in [-0.25, -0.2) is 4.99 Å². The van der Waals surface area contributed by atoms with Crippen molar-refractivity contribution in [2.24, 2.45) is 4.99 Å². The lowest BCUT2D eigenvalue weighted by molar-refractivity contribution is -0.113. The van der Waals surface area contributed by atoms with Gasteiger partial charge in [0.2, 0.25) is 0 Å². The molecule has 0 spiro atoms. The van der Waals surface area contributed by atoms with Crippen LogP contribution >= 0.6 is 11.6 Å². The van der Waals surface area contributed by atoms with Crippen molar-refractivity contribution in [3.63, 3.8) is 0 Å². The summed E-state index contributed by atoms with van der Waals surface area (Å²) in [7, 11) is 0. The highest BCUT2D eigenvalue weighted by molar-refractivity contribution is 6.33. The van der Waals surface area contributed by atoms with Gasteiger partial charge in [-0.3, -0.25) is 9.78 Å². The molecule has 1 heterocycles. The Morgan fingerprint density at radius 1 is 1.50 bits per heavy atom. The maximum atomic E-state index is 11.2. The Hall–Kier alpha value is -1.48. The van der Waals surface area contributed by atoms with Crippen molar-refractivity contribution in [1.82, 2.24) is 4.98 Å². The van der Waals surface area contributed by atoms with E-state index in [1.54, 1.807) is 38.3 Å². The van der Waals surface area contributed by atoms with Crippen LogP contribution in [-0.4, -0.2) is 16.5 Å². The predicted molar refractivity (Wildman–Crippen MR) is 65.9 cm³/mol. The number of aliphatic imine (C=N–C) groups is 1. The van der Waals surface area contributed by atoms with E-state index in [9.17, 15) is 4.79 Å². The minimum atomic E-state index is -0.0751. The number of ketones is 1. The minimum Gasteiger partial charge on any atom is -0.293 e. The summed E-state index contributed by atoms with van der Waals surface area (Å²) in [5.41, 5.74) is 1.65. The Bertz CT molecular complexity index is 464. The van der Waals surface area contributed by atoms with Crippen LogP contribution in [0.3, 0.4) is 0 Å². The quantitative estimate of drug-likeness (QED) is 0.598. The highest BCUT2D eigenvalue weighted by Crippen LogP contribution is 2.14. The molecule has 3 nitrogen and oxygen atoms in total. The lowest BCUT2D eigenvalue weighted by atomic mass is 10.2. The van der Waals surface area contributed by atoms with Crippen molar-refractivity contribution in [3.8, 4) is 0 Å². The van der Waals surface area contributed by atoms with Crippen LogP contribution in [0.4, 0.5) is 0 Å². The lowest BCUT2D eigenvalue weighted by Gasteiger charge is -2.02. The van der Waals surface area contributed by atoms with Gasteiger partial charge in [-0.2, -0.15) is 0 Å². The fraction of sp³-hybridized carbons (Fsp3) is 0.250. The number of Topliss-reactive ketones (excluding diaryl/α,β-unsaturated/α-hetero) is 1. The van der Waals surface area contributed by atoms with Crippen LogP contribution in [0.5, 0.6) is 0 Å². The Balaban J connectivity index is 3.12. The molecule has 4 heteroatoms. The first-order valence-electron chi connectivity index (χ1n) is 4.89. The van der Waals surface area contributed by atoms with Crippen molar-refractivity contribution in [2.45, 2.75) is 20.8 Å². The summed E-state index contributed by atoms with van der Waals surface area (Å²) in [6.45, 7) is 5.03. The Morgan fingerprint density at radius 3 is 2.69 bits per heavy atom. The molecule has 0 saturated carbocycles. The van der Waals surface area contributed by atoms with Gasteiger partial charge in [-0.15, -0.1) is 0 Å². The third-order valence-corrected chi connectivity index (χ3v) is 2.33. The van der Waals surface area contributed by atoms with Crippen molar-refractivity contribution < 1.29 is 4.79 Å². The summed E-state index contributed by atoms with van der Waals surface area (Å²) in [4.78, 5) is 19.5. The fourth-order valence-corrected chi connectivity index (χ4v) is 1.49. The number of carbonyl (C=O) groups is 1. The molecule has 0 fully saturated rings. The molecule has 16 heavy (non-hydrogen) atoms. The van der Waals surface area contributed by atoms with Crippen molar-refractivity contribution in [3.05, 3.63) is 40.8 Å². The molecule has 0 N–H and O–H groups in total. The van der Waals surface area contributed by atoms with E-state index in [1.165, 1.54) is 6.92 Å². The van der Waals surface area contributed by atoms with Gasteiger partial charge in [-0.05, 0) is 26.0 Å². The van der Waals surface area contributed by atoms with Gasteiger partial charge in [0.05, 0.1) is 10.7 Å². The van der Waals surface area contributed by atoms with E-state index in [4.69, 9.17) is 11.6 Å². The first-order valence-corrected chi connectivity index (χ1v) is 5.27. The van der Waals surface area contributed by atoms with Gasteiger partial charge < -0.3 is 0 Å². The summed E-state index contributed by atoms with van der Waals surface area (Å²) < 4.78 is 0. The normalized spacial score (nSPS) is 12.8. The molecule has 1 aromatic rings. The summed E-state index contributed by atoms with van der Waals surface area (Å²) in [5.74, 6) is -0.0751. The minimum absolute atomic E-state index is 0.0751. The van der Waals surface area contributed by atoms with E-state index in [2.05, 4.69) is 9.98 Å². The SMILES string of the molecule is C/C=C(\N=C(C)c1ncccc1Cl)C(C)=O. The summed E-state index contributed by atoms with van der Waals surface area (Å²) >= 11 is 5.98. The molecule has 0 radical (unpaired) electrons. The van der Waals surface area contributed by atoms with Gasteiger partial charge in [0, 0.05) is 13.1 Å². The van der Waals surface area contributed by atoms with Crippen LogP contribution in [0.15, 0.2) is 35.1 Å². The van der Waals surface area contributed by atoms with Crippen LogP contribution in [0.1, 0.15) is 26.5 Å². The molecule has 1 aromatic heterocycles. The molecule has 1 rings (SSSR count). The molecule has 0 aliphatic rings. The third kappa shape index (κ3) is 3.00. The zero-order valence-electron chi connectivity index (χ0n) is 9.49. The van der Waals surface area contributed by atoms with Crippen molar-refractivity contribution in [2.75, 3.05) is 0 Å². The zero-order chi connectivity index (χ0) is 12.1. The molecule has 0 unspecified atom stereocenters. The van der Waals surface area contributed by atoms with Crippen LogP contribution < -0.4 is 0 Å². The van der Waals surface area contributed by atoms with Crippen LogP contribution in [0, 0.1) is 0 Å². The van der Waals surface area contributed by atoms with Crippen LogP contribution in [-0.2, 0) is 4.79 Å². The Kier molecular flexibility index (Phi) is 4.38. The molecule has 84 valence electrons. The number of carbonyl (C=O) groups excluding carboxylic acids is 1. The van der Waals surface area contributed by atoms with Crippen LogP contribution in [0.2, 0.25) is 5.02 Å². The van der Waals surface area contributed by atoms with Crippen molar-refractivity contribution in [1.29, 1.82) is 0 Å². The molecule has 0 aliphatic carbocycles. The molecule has 0 bridgehead atoms. The number of halogens is 1. The average Bonchev–Trinajstić information content (AvgIpc) is 2.25. The van der Waals surface area contributed by atoms with Gasteiger partial charge in [-0.1, -0.05) is 17.7 Å². The number of pyridine rings is 1. The second-order valence-electron chi connectivity index (χ2n) is 3.26. The Labute approximate surface area is 99.9 Å². The summed E-state index contributed by atoms with van der Waals surface area (Å²) in [5, 5.41) is 0.530. The van der Waals surface area contributed by atoms with Gasteiger partial charge in [0.25, 0.3) is 0 Å². The lowest BCUT2D eigenvalue weighted by Crippen LogP contribution is -2.03. The van der Waals surface area contributed by atoms with Crippen LogP contribution in [0.25, 0.3) is 0 Å². The maximum absolute atomic E-state index is 11.2. The number of hydrogen-bond donors (Lipinski definition) is 0. The fourth-order valence-electron chi connectivity index (χ4n) is 1.23. The Morgan fingerprint density at radius 2 is 2.19 bits per heavy atom. The molecule has 0 aliphatic heterocycles. The number of allylic oxidation sites excluding steroid dienone is 2. The molecule has 0 amide bonds. The van der Waals surface area contributed by atoms with Crippen molar-refractivity contribution >= 4 is 23.1 Å². The predicted octanol–water partition coefficient (Wildman–Crippen LogP) is 3.04. The van der Waals surface area contributed by atoms with E-state index >= 15 is 0 Å². The molecular weight excluding hydrogens is 224 g/mol. The monoisotopic (exact) mass is 236 g/mol. The zero-order valence-corrected chi connectivity index (χ0v) is 10.2. The van der Waals surface area contributed by atoms with E-state index in [1.807, 2.05) is 0 Å². The summed E-state index contributed by atoms with van der Waals surface area (Å²) in [6.07, 6.45) is 3.31. The number of aromatic nitrogens is 1. The number of hydrogen-bond acceptors (Lipinski definition) is 3. The smallest absolute Gasteiger partial charge is 0.177 e. The van der Waals surface area contributed by atoms with E-state index < -0.39 is 0 Å². The van der Waals surface area contributed by atoms with Gasteiger partial charge in [0.15, 0.2) is 5.78 Å². The highest BCUT2D eigenvalue weighted by Gasteiger charge is 2.07. The van der Waals surface area contributed by atoms with E-state index in [-0.39, 0.29) is 5.78 Å². The topological polar surface area (TPSA) is 42.3 Å². The standard InChI is InChI=1S/C12H13ClN2O/c1-4-11(9(3)16)15-8(2)12-10(13)6-5-7-14-12/h4-7H,1-3H3/b11-4-,15-8?. The number of rotatable bonds is 3.